The van der Waals surface area contributed by atoms with E-state index in [1.54, 1.807) is 0 Å². The van der Waals surface area contributed by atoms with Gasteiger partial charge in [-0.25, -0.2) is 4.79 Å². The summed E-state index contributed by atoms with van der Waals surface area (Å²) in [6.45, 7) is -10.3. The number of benzene rings is 1. The van der Waals surface area contributed by atoms with Crippen LogP contribution in [0, 0.1) is 0 Å². The molecule has 15 heavy (non-hydrogen) atoms. The van der Waals surface area contributed by atoms with Crippen molar-refractivity contribution in [3.63, 3.8) is 0 Å². The second-order valence-electron chi connectivity index (χ2n) is 2.80. The first-order chi connectivity index (χ1) is 10.7. The number of carbonyl (C=O) groups excluding carboxylic acids is 1. The third-order valence-corrected chi connectivity index (χ3v) is 1.65. The maximum Gasteiger partial charge on any atom is 0.513 e. The van der Waals surface area contributed by atoms with Crippen LogP contribution in [0.25, 0.3) is 0 Å². The van der Waals surface area contributed by atoms with Crippen LogP contribution in [-0.4, -0.2) is 13.3 Å². The first kappa shape index (κ1) is 4.16. The molecule has 0 N–H and O–H groups in total. The molecule has 0 bridgehead atoms. The Kier molecular flexibility index (Phi) is 1.20. The Bertz CT molecular complexity index is 565. The Morgan fingerprint density at radius 2 is 2.00 bits per heavy atom. The molecule has 0 unspecified atom stereocenters. The van der Waals surface area contributed by atoms with Crippen molar-refractivity contribution in [2.45, 2.75) is 26.0 Å². The second kappa shape index (κ2) is 4.34. The lowest BCUT2D eigenvalue weighted by molar-refractivity contribution is 0.120. The summed E-state index contributed by atoms with van der Waals surface area (Å²) in [7, 11) is 0.996. The van der Waals surface area contributed by atoms with E-state index < -0.39 is 43.4 Å². The molecule has 0 amide bonds. The van der Waals surface area contributed by atoms with Crippen LogP contribution in [0.5, 0.6) is 5.75 Å². The highest BCUT2D eigenvalue weighted by Gasteiger charge is 2.19. The zero-order valence-electron chi connectivity index (χ0n) is 17.0. The Morgan fingerprint density at radius 1 is 1.33 bits per heavy atom. The van der Waals surface area contributed by atoms with Gasteiger partial charge in [-0.2, -0.15) is 0 Å². The highest BCUT2D eigenvalue weighted by molar-refractivity contribution is 5.64. The average molecular weight is 217 g/mol. The SMILES string of the molecule is [2H]C([2H])([2H])C(c1ccccc1OC(=O)OC)(C([2H])([2H])[2H])C([2H])([2H])[2H]. The molecule has 0 aromatic heterocycles. The van der Waals surface area contributed by atoms with Crippen molar-refractivity contribution in [3.8, 4) is 5.75 Å². The number of hydrogen-bond donors (Lipinski definition) is 0. The molecule has 0 saturated carbocycles. The van der Waals surface area contributed by atoms with Crippen LogP contribution in [0.1, 0.15) is 38.5 Å². The van der Waals surface area contributed by atoms with Crippen LogP contribution >= 0.6 is 0 Å². The molecule has 0 radical (unpaired) electrons. The zero-order chi connectivity index (χ0) is 19.0. The van der Waals surface area contributed by atoms with E-state index in [1.807, 2.05) is 0 Å². The van der Waals surface area contributed by atoms with Gasteiger partial charge in [-0.15, -0.1) is 0 Å². The minimum Gasteiger partial charge on any atom is -0.437 e. The van der Waals surface area contributed by atoms with Crippen LogP contribution in [-0.2, 0) is 10.2 Å². The molecule has 0 spiro atoms. The molecule has 3 nitrogen and oxygen atoms in total. The summed E-state index contributed by atoms with van der Waals surface area (Å²) in [6, 6.07) is 4.70. The number of ether oxygens (including phenoxy) is 2. The summed E-state index contributed by atoms with van der Waals surface area (Å²) in [6.07, 6.45) is -1.24. The van der Waals surface area contributed by atoms with E-state index in [9.17, 15) is 4.79 Å². The molecule has 82 valence electrons. The molecule has 0 aliphatic heterocycles. The van der Waals surface area contributed by atoms with Crippen molar-refractivity contribution in [2.75, 3.05) is 7.11 Å². The first-order valence-corrected chi connectivity index (χ1v) is 4.05. The third-order valence-electron chi connectivity index (χ3n) is 1.65. The van der Waals surface area contributed by atoms with Crippen molar-refractivity contribution in [1.82, 2.24) is 0 Å². The molecular formula is C12H16O3. The first-order valence-electron chi connectivity index (χ1n) is 8.55. The predicted molar refractivity (Wildman–Crippen MR) is 58.2 cm³/mol. The Hall–Kier alpha value is -1.51. The van der Waals surface area contributed by atoms with Gasteiger partial charge in [0.05, 0.1) is 7.11 Å². The third kappa shape index (κ3) is 2.98. The van der Waals surface area contributed by atoms with E-state index in [0.29, 0.717) is 0 Å². The van der Waals surface area contributed by atoms with Gasteiger partial charge in [0.25, 0.3) is 0 Å². The lowest BCUT2D eigenvalue weighted by Gasteiger charge is -2.21. The summed E-state index contributed by atoms with van der Waals surface area (Å²) in [5.74, 6) is -0.507. The van der Waals surface area contributed by atoms with Gasteiger partial charge in [-0.05, 0) is 11.5 Å². The molecule has 0 heterocycles. The Labute approximate surface area is 103 Å². The quantitative estimate of drug-likeness (QED) is 0.535. The number of hydrogen-bond acceptors (Lipinski definition) is 3. The molecule has 0 fully saturated rings. The average Bonchev–Trinajstić information content (AvgIpc) is 2.36. The van der Waals surface area contributed by atoms with E-state index in [1.165, 1.54) is 12.1 Å². The summed E-state index contributed by atoms with van der Waals surface area (Å²) in [4.78, 5) is 11.3. The number of carbonyl (C=O) groups is 1. The molecule has 1 rings (SSSR count). The van der Waals surface area contributed by atoms with Gasteiger partial charge in [0.2, 0.25) is 0 Å². The van der Waals surface area contributed by atoms with Gasteiger partial charge in [-0.3, -0.25) is 0 Å². The van der Waals surface area contributed by atoms with Crippen molar-refractivity contribution >= 4 is 6.16 Å². The molecule has 3 heteroatoms. The molecular weight excluding hydrogens is 192 g/mol. The smallest absolute Gasteiger partial charge is 0.437 e. The maximum atomic E-state index is 11.3. The number of methoxy groups -OCH3 is 1. The molecule has 0 aliphatic rings. The van der Waals surface area contributed by atoms with Crippen LogP contribution in [0.15, 0.2) is 24.3 Å². The molecule has 0 aliphatic carbocycles. The van der Waals surface area contributed by atoms with E-state index in [0.717, 1.165) is 19.2 Å². The van der Waals surface area contributed by atoms with Gasteiger partial charge in [0, 0.05) is 17.9 Å². The summed E-state index contributed by atoms with van der Waals surface area (Å²) >= 11 is 0. The van der Waals surface area contributed by atoms with E-state index in [2.05, 4.69) is 4.74 Å². The van der Waals surface area contributed by atoms with Gasteiger partial charge >= 0.3 is 6.16 Å². The van der Waals surface area contributed by atoms with Gasteiger partial charge < -0.3 is 9.47 Å². The normalized spacial score (nSPS) is 22.3. The van der Waals surface area contributed by atoms with Crippen molar-refractivity contribution in [2.24, 2.45) is 0 Å². The molecule has 0 saturated heterocycles. The van der Waals surface area contributed by atoms with Crippen LogP contribution < -0.4 is 4.74 Å². The zero-order valence-corrected chi connectivity index (χ0v) is 8.03. The highest BCUT2D eigenvalue weighted by atomic mass is 16.7. The maximum absolute atomic E-state index is 11.3. The minimum absolute atomic E-state index is 0.507. The summed E-state index contributed by atoms with van der Waals surface area (Å²) in [5, 5.41) is 0. The highest BCUT2D eigenvalue weighted by Crippen LogP contribution is 2.30. The number of para-hydroxylation sites is 1. The molecule has 0 atom stereocenters. The van der Waals surface area contributed by atoms with E-state index in [4.69, 9.17) is 17.1 Å². The van der Waals surface area contributed by atoms with Crippen LogP contribution in [0.4, 0.5) is 4.79 Å². The van der Waals surface area contributed by atoms with Crippen LogP contribution in [0.2, 0.25) is 0 Å². The Balaban J connectivity index is 3.86. The molecule has 1 aromatic carbocycles. The number of rotatable bonds is 1. The van der Waals surface area contributed by atoms with E-state index in [-0.39, 0.29) is 0 Å². The second-order valence-corrected chi connectivity index (χ2v) is 2.80. The summed E-state index contributed by atoms with van der Waals surface area (Å²) < 4.78 is 77.9. The van der Waals surface area contributed by atoms with Crippen molar-refractivity contribution in [3.05, 3.63) is 29.8 Å². The fourth-order valence-corrected chi connectivity index (χ4v) is 0.997. The Morgan fingerprint density at radius 3 is 2.60 bits per heavy atom. The fraction of sp³-hybridized carbons (Fsp3) is 0.417. The van der Waals surface area contributed by atoms with E-state index >= 15 is 0 Å². The van der Waals surface area contributed by atoms with Crippen molar-refractivity contribution in [1.29, 1.82) is 0 Å². The van der Waals surface area contributed by atoms with Gasteiger partial charge in [-0.1, -0.05) is 38.8 Å². The summed E-state index contributed by atoms with van der Waals surface area (Å²) in [5.41, 5.74) is -3.90. The molecule has 1 aromatic rings. The van der Waals surface area contributed by atoms with Gasteiger partial charge in [0.15, 0.2) is 0 Å². The fourth-order valence-electron chi connectivity index (χ4n) is 0.997. The topological polar surface area (TPSA) is 35.5 Å². The van der Waals surface area contributed by atoms with Gasteiger partial charge in [0.1, 0.15) is 5.75 Å². The minimum atomic E-state index is -3.45. The largest absolute Gasteiger partial charge is 0.513 e. The predicted octanol–water partition coefficient (Wildman–Crippen LogP) is 3.13. The van der Waals surface area contributed by atoms with Crippen molar-refractivity contribution < 1.29 is 26.6 Å². The lowest BCUT2D eigenvalue weighted by Crippen LogP contribution is -2.16. The lowest BCUT2D eigenvalue weighted by atomic mass is 9.86. The monoisotopic (exact) mass is 217 g/mol. The standard InChI is InChI=1S/C12H16O3/c1-12(2,3)9-7-5-6-8-10(9)15-11(13)14-4/h5-8H,1-4H3/i1D3,2D3,3D3. The van der Waals surface area contributed by atoms with Crippen LogP contribution in [0.3, 0.4) is 0 Å².